The maximum atomic E-state index is 11.7. The van der Waals surface area contributed by atoms with Crippen LogP contribution in [0.25, 0.3) is 6.08 Å². The molecule has 4 nitrogen and oxygen atoms in total. The summed E-state index contributed by atoms with van der Waals surface area (Å²) >= 11 is 12.2. The van der Waals surface area contributed by atoms with Gasteiger partial charge in [0.25, 0.3) is 5.91 Å². The first-order chi connectivity index (χ1) is 12.0. The van der Waals surface area contributed by atoms with Crippen LogP contribution in [0.2, 0.25) is 5.02 Å². The van der Waals surface area contributed by atoms with E-state index in [4.69, 9.17) is 33.3 Å². The number of thiocarbonyl (C=S) groups is 1. The van der Waals surface area contributed by atoms with Crippen molar-refractivity contribution in [2.45, 2.75) is 6.61 Å². The van der Waals surface area contributed by atoms with Gasteiger partial charge in [0.05, 0.1) is 12.0 Å². The van der Waals surface area contributed by atoms with Crippen LogP contribution in [0.4, 0.5) is 0 Å². The predicted octanol–water partition coefficient (Wildman–Crippen LogP) is 4.42. The van der Waals surface area contributed by atoms with Crippen molar-refractivity contribution >= 4 is 51.9 Å². The van der Waals surface area contributed by atoms with E-state index >= 15 is 0 Å². The van der Waals surface area contributed by atoms with Crippen molar-refractivity contribution in [1.29, 1.82) is 0 Å². The number of thioether (sulfide) groups is 1. The largest absolute Gasteiger partial charge is 0.493 e. The van der Waals surface area contributed by atoms with Crippen LogP contribution in [0.1, 0.15) is 11.1 Å². The van der Waals surface area contributed by atoms with Gasteiger partial charge >= 0.3 is 0 Å². The van der Waals surface area contributed by atoms with E-state index in [0.717, 1.165) is 11.1 Å². The zero-order valence-electron chi connectivity index (χ0n) is 13.2. The van der Waals surface area contributed by atoms with Crippen LogP contribution in [-0.4, -0.2) is 17.3 Å². The van der Waals surface area contributed by atoms with Crippen molar-refractivity contribution < 1.29 is 14.3 Å². The number of nitrogens with one attached hydrogen (secondary N) is 1. The molecule has 0 unspecified atom stereocenters. The predicted molar refractivity (Wildman–Crippen MR) is 105 cm³/mol. The van der Waals surface area contributed by atoms with Crippen LogP contribution in [0.3, 0.4) is 0 Å². The van der Waals surface area contributed by atoms with Gasteiger partial charge in [0.1, 0.15) is 10.9 Å². The topological polar surface area (TPSA) is 47.6 Å². The zero-order chi connectivity index (χ0) is 17.8. The number of carbonyl (C=O) groups is 1. The molecule has 25 heavy (non-hydrogen) atoms. The quantitative estimate of drug-likeness (QED) is 0.604. The first kappa shape index (κ1) is 17.8. The van der Waals surface area contributed by atoms with E-state index in [-0.39, 0.29) is 5.91 Å². The fourth-order valence-corrected chi connectivity index (χ4v) is 3.51. The number of methoxy groups -OCH3 is 1. The molecule has 0 atom stereocenters. The Balaban J connectivity index is 1.77. The van der Waals surface area contributed by atoms with Gasteiger partial charge in [-0.2, -0.15) is 0 Å². The molecule has 1 aliphatic heterocycles. The second-order valence-corrected chi connectivity index (χ2v) is 7.34. The van der Waals surface area contributed by atoms with Crippen molar-refractivity contribution in [2.75, 3.05) is 7.11 Å². The minimum absolute atomic E-state index is 0.185. The van der Waals surface area contributed by atoms with E-state index in [0.29, 0.717) is 32.4 Å². The SMILES string of the molecule is COc1cc(/C=C2\SC(=S)NC2=O)ccc1OCc1cccc(Cl)c1. The second-order valence-electron chi connectivity index (χ2n) is 5.18. The van der Waals surface area contributed by atoms with E-state index in [2.05, 4.69) is 5.32 Å². The first-order valence-electron chi connectivity index (χ1n) is 7.35. The molecule has 0 aliphatic carbocycles. The first-order valence-corrected chi connectivity index (χ1v) is 8.95. The maximum absolute atomic E-state index is 11.7. The summed E-state index contributed by atoms with van der Waals surface area (Å²) in [5, 5.41) is 3.26. The number of hydrogen-bond acceptors (Lipinski definition) is 5. The molecule has 1 saturated heterocycles. The van der Waals surface area contributed by atoms with Crippen LogP contribution in [0.5, 0.6) is 11.5 Å². The summed E-state index contributed by atoms with van der Waals surface area (Å²) in [4.78, 5) is 12.3. The van der Waals surface area contributed by atoms with Gasteiger partial charge in [-0.1, -0.05) is 53.8 Å². The molecule has 7 heteroatoms. The summed E-state index contributed by atoms with van der Waals surface area (Å²) in [5.74, 6) is 1.02. The lowest BCUT2D eigenvalue weighted by Crippen LogP contribution is -2.17. The molecule has 1 amide bonds. The fraction of sp³-hybridized carbons (Fsp3) is 0.111. The third kappa shape index (κ3) is 4.54. The van der Waals surface area contributed by atoms with Crippen LogP contribution in [-0.2, 0) is 11.4 Å². The summed E-state index contributed by atoms with van der Waals surface area (Å²) in [6.45, 7) is 0.379. The van der Waals surface area contributed by atoms with Crippen LogP contribution >= 0.6 is 35.6 Å². The number of benzene rings is 2. The van der Waals surface area contributed by atoms with Gasteiger partial charge in [-0.05, 0) is 41.5 Å². The summed E-state index contributed by atoms with van der Waals surface area (Å²) in [7, 11) is 1.57. The maximum Gasteiger partial charge on any atom is 0.263 e. The lowest BCUT2D eigenvalue weighted by Gasteiger charge is -2.11. The summed E-state index contributed by atoms with van der Waals surface area (Å²) in [6, 6.07) is 13.0. The van der Waals surface area contributed by atoms with Gasteiger partial charge in [0, 0.05) is 5.02 Å². The molecule has 0 saturated carbocycles. The highest BCUT2D eigenvalue weighted by atomic mass is 35.5. The molecule has 1 N–H and O–H groups in total. The standard InChI is InChI=1S/C18H14ClNO3S2/c1-22-15-8-11(9-16-17(21)20-18(24)25-16)5-6-14(15)23-10-12-3-2-4-13(19)7-12/h2-9H,10H2,1H3,(H,20,21,24)/b16-9-. The fourth-order valence-electron chi connectivity index (χ4n) is 2.25. The lowest BCUT2D eigenvalue weighted by molar-refractivity contribution is -0.115. The Kier molecular flexibility index (Phi) is 5.63. The number of amides is 1. The highest BCUT2D eigenvalue weighted by molar-refractivity contribution is 8.26. The molecule has 0 radical (unpaired) electrons. The highest BCUT2D eigenvalue weighted by Crippen LogP contribution is 2.32. The zero-order valence-corrected chi connectivity index (χ0v) is 15.6. The Morgan fingerprint density at radius 2 is 2.08 bits per heavy atom. The van der Waals surface area contributed by atoms with Gasteiger partial charge < -0.3 is 14.8 Å². The van der Waals surface area contributed by atoms with Gasteiger partial charge in [-0.3, -0.25) is 4.79 Å². The molecule has 1 fully saturated rings. The minimum Gasteiger partial charge on any atom is -0.493 e. The van der Waals surface area contributed by atoms with Crippen molar-refractivity contribution in [3.63, 3.8) is 0 Å². The molecule has 0 spiro atoms. The number of rotatable bonds is 5. The lowest BCUT2D eigenvalue weighted by atomic mass is 10.2. The summed E-state index contributed by atoms with van der Waals surface area (Å²) < 4.78 is 11.7. The normalized spacial score (nSPS) is 15.4. The van der Waals surface area contributed by atoms with Crippen molar-refractivity contribution in [3.05, 3.63) is 63.5 Å². The smallest absolute Gasteiger partial charge is 0.263 e. The second kappa shape index (κ2) is 7.91. The Labute approximate surface area is 160 Å². The Bertz CT molecular complexity index is 867. The van der Waals surface area contributed by atoms with Crippen molar-refractivity contribution in [1.82, 2.24) is 5.32 Å². The van der Waals surface area contributed by atoms with E-state index in [9.17, 15) is 4.79 Å². The van der Waals surface area contributed by atoms with E-state index in [1.54, 1.807) is 13.2 Å². The van der Waals surface area contributed by atoms with E-state index in [1.807, 2.05) is 42.5 Å². The molecule has 2 aromatic rings. The average Bonchev–Trinajstić information content (AvgIpc) is 2.91. The Morgan fingerprint density at radius 1 is 1.24 bits per heavy atom. The molecular formula is C18H14ClNO3S2. The third-order valence-electron chi connectivity index (χ3n) is 3.41. The monoisotopic (exact) mass is 391 g/mol. The van der Waals surface area contributed by atoms with Crippen LogP contribution < -0.4 is 14.8 Å². The number of carbonyl (C=O) groups excluding carboxylic acids is 1. The Morgan fingerprint density at radius 3 is 2.76 bits per heavy atom. The Hall–Kier alpha value is -2.02. The highest BCUT2D eigenvalue weighted by Gasteiger charge is 2.22. The molecule has 1 aliphatic rings. The summed E-state index contributed by atoms with van der Waals surface area (Å²) in [5.41, 5.74) is 1.79. The molecule has 0 aromatic heterocycles. The van der Waals surface area contributed by atoms with Gasteiger partial charge in [-0.25, -0.2) is 0 Å². The molecule has 1 heterocycles. The molecule has 0 bridgehead atoms. The summed E-state index contributed by atoms with van der Waals surface area (Å²) in [6.07, 6.45) is 1.77. The number of ether oxygens (including phenoxy) is 2. The van der Waals surface area contributed by atoms with Crippen molar-refractivity contribution in [2.24, 2.45) is 0 Å². The molecule has 2 aromatic carbocycles. The number of halogens is 1. The van der Waals surface area contributed by atoms with Gasteiger partial charge in [0.2, 0.25) is 0 Å². The van der Waals surface area contributed by atoms with Crippen LogP contribution in [0.15, 0.2) is 47.4 Å². The van der Waals surface area contributed by atoms with Gasteiger partial charge in [-0.15, -0.1) is 0 Å². The molecule has 3 rings (SSSR count). The van der Waals surface area contributed by atoms with E-state index < -0.39 is 0 Å². The van der Waals surface area contributed by atoms with Crippen molar-refractivity contribution in [3.8, 4) is 11.5 Å². The minimum atomic E-state index is -0.185. The average molecular weight is 392 g/mol. The van der Waals surface area contributed by atoms with E-state index in [1.165, 1.54) is 11.8 Å². The molecular weight excluding hydrogens is 378 g/mol. The van der Waals surface area contributed by atoms with Gasteiger partial charge in [0.15, 0.2) is 11.5 Å². The number of hydrogen-bond donors (Lipinski definition) is 1. The molecule has 128 valence electrons. The third-order valence-corrected chi connectivity index (χ3v) is 4.81. The van der Waals surface area contributed by atoms with Crippen LogP contribution in [0, 0.1) is 0 Å².